The SMILES string of the molecule is CCC(O)CCNC(=O)C1Oc2ccccc2C1C. The number of para-hydroxylation sites is 1. The van der Waals surface area contributed by atoms with E-state index in [4.69, 9.17) is 4.74 Å². The molecule has 1 amide bonds. The fourth-order valence-electron chi connectivity index (χ4n) is 2.31. The predicted molar refractivity (Wildman–Crippen MR) is 73.2 cm³/mol. The maximum absolute atomic E-state index is 12.1. The number of benzene rings is 1. The summed E-state index contributed by atoms with van der Waals surface area (Å²) in [6.07, 6.45) is 0.476. The molecule has 0 aliphatic carbocycles. The van der Waals surface area contributed by atoms with Crippen molar-refractivity contribution in [3.63, 3.8) is 0 Å². The molecule has 1 aromatic carbocycles. The van der Waals surface area contributed by atoms with Gasteiger partial charge in [-0.3, -0.25) is 4.79 Å². The van der Waals surface area contributed by atoms with E-state index < -0.39 is 6.10 Å². The van der Waals surface area contributed by atoms with E-state index >= 15 is 0 Å². The highest BCUT2D eigenvalue weighted by Gasteiger charge is 2.35. The number of aliphatic hydroxyl groups excluding tert-OH is 1. The summed E-state index contributed by atoms with van der Waals surface area (Å²) in [5, 5.41) is 12.3. The molecule has 1 aromatic rings. The van der Waals surface area contributed by atoms with Gasteiger partial charge in [0.05, 0.1) is 6.10 Å². The minimum absolute atomic E-state index is 0.0623. The Kier molecular flexibility index (Phi) is 4.43. The van der Waals surface area contributed by atoms with Gasteiger partial charge in [-0.1, -0.05) is 32.0 Å². The summed E-state index contributed by atoms with van der Waals surface area (Å²) in [4.78, 5) is 12.1. The number of hydrogen-bond donors (Lipinski definition) is 2. The van der Waals surface area contributed by atoms with Crippen LogP contribution in [0.2, 0.25) is 0 Å². The summed E-state index contributed by atoms with van der Waals surface area (Å²) < 4.78 is 5.69. The molecule has 1 aliphatic rings. The standard InChI is InChI=1S/C15H21NO3/c1-3-11(17)8-9-16-15(18)14-10(2)12-6-4-5-7-13(12)19-14/h4-7,10-11,14,17H,3,8-9H2,1-2H3,(H,16,18). The first-order valence-corrected chi connectivity index (χ1v) is 6.84. The average molecular weight is 263 g/mol. The van der Waals surface area contributed by atoms with E-state index in [9.17, 15) is 9.90 Å². The molecule has 2 N–H and O–H groups in total. The lowest BCUT2D eigenvalue weighted by Gasteiger charge is -2.16. The third-order valence-corrected chi connectivity index (χ3v) is 3.62. The van der Waals surface area contributed by atoms with E-state index in [1.807, 2.05) is 38.1 Å². The van der Waals surface area contributed by atoms with Crippen molar-refractivity contribution >= 4 is 5.91 Å². The smallest absolute Gasteiger partial charge is 0.261 e. The lowest BCUT2D eigenvalue weighted by Crippen LogP contribution is -2.40. The Hall–Kier alpha value is -1.55. The van der Waals surface area contributed by atoms with Gasteiger partial charge in [0.25, 0.3) is 5.91 Å². The molecule has 0 radical (unpaired) electrons. The maximum Gasteiger partial charge on any atom is 0.261 e. The van der Waals surface area contributed by atoms with Crippen LogP contribution in [0.3, 0.4) is 0 Å². The van der Waals surface area contributed by atoms with Crippen molar-refractivity contribution in [3.8, 4) is 5.75 Å². The largest absolute Gasteiger partial charge is 0.480 e. The van der Waals surface area contributed by atoms with E-state index in [1.165, 1.54) is 0 Å². The zero-order valence-corrected chi connectivity index (χ0v) is 11.4. The van der Waals surface area contributed by atoms with Crippen LogP contribution < -0.4 is 10.1 Å². The average Bonchev–Trinajstić information content (AvgIpc) is 2.76. The molecule has 2 rings (SSSR count). The van der Waals surface area contributed by atoms with Gasteiger partial charge in [0.1, 0.15) is 5.75 Å². The van der Waals surface area contributed by atoms with E-state index in [-0.39, 0.29) is 17.9 Å². The number of ether oxygens (including phenoxy) is 1. The predicted octanol–water partition coefficient (Wildman–Crippen LogP) is 1.83. The third kappa shape index (κ3) is 3.07. The Morgan fingerprint density at radius 3 is 2.89 bits per heavy atom. The molecular formula is C15H21NO3. The first kappa shape index (κ1) is 13.9. The summed E-state index contributed by atoms with van der Waals surface area (Å²) in [5.74, 6) is 0.753. The molecule has 4 heteroatoms. The van der Waals surface area contributed by atoms with Gasteiger partial charge in [-0.05, 0) is 18.9 Å². The molecular weight excluding hydrogens is 242 g/mol. The molecule has 4 nitrogen and oxygen atoms in total. The van der Waals surface area contributed by atoms with E-state index in [1.54, 1.807) is 0 Å². The lowest BCUT2D eigenvalue weighted by molar-refractivity contribution is -0.128. The summed E-state index contributed by atoms with van der Waals surface area (Å²) in [6.45, 7) is 4.40. The quantitative estimate of drug-likeness (QED) is 0.852. The van der Waals surface area contributed by atoms with Crippen LogP contribution in [0.1, 0.15) is 38.2 Å². The van der Waals surface area contributed by atoms with Gasteiger partial charge in [-0.2, -0.15) is 0 Å². The minimum atomic E-state index is -0.462. The van der Waals surface area contributed by atoms with Crippen molar-refractivity contribution in [2.75, 3.05) is 6.54 Å². The summed E-state index contributed by atoms with van der Waals surface area (Å²) in [6, 6.07) is 7.74. The second-order valence-corrected chi connectivity index (χ2v) is 5.01. The van der Waals surface area contributed by atoms with Crippen LogP contribution in [-0.4, -0.2) is 29.8 Å². The van der Waals surface area contributed by atoms with Gasteiger partial charge in [-0.25, -0.2) is 0 Å². The van der Waals surface area contributed by atoms with Gasteiger partial charge < -0.3 is 15.2 Å². The van der Waals surface area contributed by atoms with Gasteiger partial charge >= 0.3 is 0 Å². The molecule has 0 bridgehead atoms. The molecule has 0 spiro atoms. The Labute approximate surface area is 113 Å². The first-order valence-electron chi connectivity index (χ1n) is 6.84. The molecule has 3 atom stereocenters. The number of amides is 1. The number of carbonyl (C=O) groups excluding carboxylic acids is 1. The zero-order chi connectivity index (χ0) is 13.8. The topological polar surface area (TPSA) is 58.6 Å². The summed E-state index contributed by atoms with van der Waals surface area (Å²) >= 11 is 0. The Morgan fingerprint density at radius 1 is 1.47 bits per heavy atom. The Balaban J connectivity index is 1.89. The molecule has 0 saturated heterocycles. The van der Waals surface area contributed by atoms with Crippen molar-refractivity contribution in [1.82, 2.24) is 5.32 Å². The third-order valence-electron chi connectivity index (χ3n) is 3.62. The fourth-order valence-corrected chi connectivity index (χ4v) is 2.31. The number of fused-ring (bicyclic) bond motifs is 1. The normalized spacial score (nSPS) is 22.5. The number of carbonyl (C=O) groups is 1. The number of hydrogen-bond acceptors (Lipinski definition) is 3. The highest BCUT2D eigenvalue weighted by atomic mass is 16.5. The lowest BCUT2D eigenvalue weighted by atomic mass is 9.97. The molecule has 0 fully saturated rings. The second-order valence-electron chi connectivity index (χ2n) is 5.01. The highest BCUT2D eigenvalue weighted by molar-refractivity contribution is 5.83. The van der Waals surface area contributed by atoms with Crippen molar-refractivity contribution < 1.29 is 14.6 Å². The van der Waals surface area contributed by atoms with Crippen LogP contribution in [0, 0.1) is 0 Å². The van der Waals surface area contributed by atoms with Crippen LogP contribution >= 0.6 is 0 Å². The molecule has 0 aromatic heterocycles. The van der Waals surface area contributed by atoms with Crippen LogP contribution in [0.25, 0.3) is 0 Å². The molecule has 19 heavy (non-hydrogen) atoms. The van der Waals surface area contributed by atoms with Crippen molar-refractivity contribution in [3.05, 3.63) is 29.8 Å². The Morgan fingerprint density at radius 2 is 2.21 bits per heavy atom. The molecule has 1 aliphatic heterocycles. The fraction of sp³-hybridized carbons (Fsp3) is 0.533. The van der Waals surface area contributed by atoms with Crippen LogP contribution in [0.4, 0.5) is 0 Å². The first-order chi connectivity index (χ1) is 9.13. The number of rotatable bonds is 5. The van der Waals surface area contributed by atoms with Gasteiger partial charge in [0.2, 0.25) is 0 Å². The van der Waals surface area contributed by atoms with Crippen molar-refractivity contribution in [1.29, 1.82) is 0 Å². The van der Waals surface area contributed by atoms with E-state index in [0.717, 1.165) is 11.3 Å². The van der Waals surface area contributed by atoms with Gasteiger partial charge in [0, 0.05) is 18.0 Å². The van der Waals surface area contributed by atoms with Crippen LogP contribution in [-0.2, 0) is 4.79 Å². The molecule has 104 valence electrons. The van der Waals surface area contributed by atoms with Crippen LogP contribution in [0.15, 0.2) is 24.3 Å². The molecule has 3 unspecified atom stereocenters. The molecule has 0 saturated carbocycles. The van der Waals surface area contributed by atoms with Crippen molar-refractivity contribution in [2.24, 2.45) is 0 Å². The zero-order valence-electron chi connectivity index (χ0n) is 11.4. The highest BCUT2D eigenvalue weighted by Crippen LogP contribution is 2.37. The second kappa shape index (κ2) is 6.06. The van der Waals surface area contributed by atoms with Gasteiger partial charge in [0.15, 0.2) is 6.10 Å². The minimum Gasteiger partial charge on any atom is -0.480 e. The summed E-state index contributed by atoms with van der Waals surface area (Å²) in [5.41, 5.74) is 1.08. The van der Waals surface area contributed by atoms with Crippen LogP contribution in [0.5, 0.6) is 5.75 Å². The van der Waals surface area contributed by atoms with E-state index in [0.29, 0.717) is 19.4 Å². The monoisotopic (exact) mass is 263 g/mol. The van der Waals surface area contributed by atoms with Crippen molar-refractivity contribution in [2.45, 2.75) is 44.8 Å². The van der Waals surface area contributed by atoms with Gasteiger partial charge in [-0.15, -0.1) is 0 Å². The Bertz CT molecular complexity index is 447. The number of nitrogens with one attached hydrogen (secondary N) is 1. The maximum atomic E-state index is 12.1. The summed E-state index contributed by atoms with van der Waals surface area (Å²) in [7, 11) is 0. The molecule has 1 heterocycles. The van der Waals surface area contributed by atoms with E-state index in [2.05, 4.69) is 5.32 Å². The number of aliphatic hydroxyl groups is 1.